The molecule has 136 valence electrons. The molecule has 0 spiro atoms. The number of carbonyl (C=O) groups is 1. The van der Waals surface area contributed by atoms with E-state index in [1.54, 1.807) is 18.2 Å². The van der Waals surface area contributed by atoms with E-state index in [2.05, 4.69) is 5.32 Å². The minimum absolute atomic E-state index is 0.00147. The van der Waals surface area contributed by atoms with E-state index in [1.807, 2.05) is 11.0 Å². The summed E-state index contributed by atoms with van der Waals surface area (Å²) in [4.78, 5) is 14.6. The maximum atomic E-state index is 13.4. The zero-order chi connectivity index (χ0) is 18.1. The Bertz CT molecular complexity index is 785. The molecule has 2 aromatic rings. The number of halogens is 2. The van der Waals surface area contributed by atoms with Gasteiger partial charge in [-0.05, 0) is 67.1 Å². The Morgan fingerprint density at radius 2 is 1.73 bits per heavy atom. The number of piperidine rings is 1. The van der Waals surface area contributed by atoms with Gasteiger partial charge in [-0.2, -0.15) is 0 Å². The summed E-state index contributed by atoms with van der Waals surface area (Å²) in [5.41, 5.74) is 1.83. The summed E-state index contributed by atoms with van der Waals surface area (Å²) >= 11 is 0. The smallest absolute Gasteiger partial charge is 0.226 e. The number of amides is 1. The summed E-state index contributed by atoms with van der Waals surface area (Å²) in [5.74, 6) is -0.132. The maximum Gasteiger partial charge on any atom is 0.226 e. The molecule has 1 aliphatic heterocycles. The lowest BCUT2D eigenvalue weighted by molar-refractivity contribution is -0.133. The first-order chi connectivity index (χ1) is 12.6. The average molecular weight is 356 g/mol. The van der Waals surface area contributed by atoms with Crippen LogP contribution in [0.3, 0.4) is 0 Å². The van der Waals surface area contributed by atoms with Crippen LogP contribution < -0.4 is 5.32 Å². The van der Waals surface area contributed by atoms with Crippen LogP contribution in [0.25, 0.3) is 0 Å². The van der Waals surface area contributed by atoms with Gasteiger partial charge in [0.2, 0.25) is 5.91 Å². The van der Waals surface area contributed by atoms with Crippen molar-refractivity contribution in [2.75, 3.05) is 18.4 Å². The molecule has 1 N–H and O–H groups in total. The molecular weight excluding hydrogens is 334 g/mol. The minimum Gasteiger partial charge on any atom is -0.382 e. The zero-order valence-corrected chi connectivity index (χ0v) is 14.5. The fourth-order valence-corrected chi connectivity index (χ4v) is 3.83. The van der Waals surface area contributed by atoms with Crippen LogP contribution in [0.2, 0.25) is 0 Å². The molecular formula is C21H22F2N2O. The second-order valence-corrected chi connectivity index (χ2v) is 7.25. The third kappa shape index (κ3) is 3.71. The highest BCUT2D eigenvalue weighted by atomic mass is 19.1. The second kappa shape index (κ2) is 7.06. The molecule has 1 amide bonds. The summed E-state index contributed by atoms with van der Waals surface area (Å²) < 4.78 is 26.3. The Hall–Kier alpha value is -2.43. The number of hydrogen-bond acceptors (Lipinski definition) is 2. The van der Waals surface area contributed by atoms with E-state index in [9.17, 15) is 13.6 Å². The number of likely N-dealkylation sites (tertiary alicyclic amines) is 1. The molecule has 1 heterocycles. The van der Waals surface area contributed by atoms with Crippen LogP contribution in [0, 0.1) is 17.6 Å². The van der Waals surface area contributed by atoms with Gasteiger partial charge in [0.1, 0.15) is 11.6 Å². The Morgan fingerprint density at radius 1 is 1.00 bits per heavy atom. The van der Waals surface area contributed by atoms with E-state index in [4.69, 9.17) is 0 Å². The van der Waals surface area contributed by atoms with Crippen molar-refractivity contribution in [1.82, 2.24) is 4.90 Å². The predicted octanol–water partition coefficient (Wildman–Crippen LogP) is 4.17. The van der Waals surface area contributed by atoms with Gasteiger partial charge >= 0.3 is 0 Å². The van der Waals surface area contributed by atoms with Gasteiger partial charge in [0.15, 0.2) is 0 Å². The van der Waals surface area contributed by atoms with Gasteiger partial charge in [-0.15, -0.1) is 0 Å². The molecule has 2 aromatic carbocycles. The van der Waals surface area contributed by atoms with E-state index in [-0.39, 0.29) is 29.4 Å². The highest BCUT2D eigenvalue weighted by Crippen LogP contribution is 2.48. The molecule has 3 nitrogen and oxygen atoms in total. The standard InChI is InChI=1S/C21H22F2N2O/c22-15-4-6-17(7-5-15)24-18-8-10-25(11-9-18)21(26)20-13-19(20)14-2-1-3-16(23)12-14/h1-7,12,18-20,24H,8-11,13H2. The number of hydrogen-bond donors (Lipinski definition) is 1. The Kier molecular flexibility index (Phi) is 4.62. The predicted molar refractivity (Wildman–Crippen MR) is 96.9 cm³/mol. The normalized spacial score (nSPS) is 22.9. The van der Waals surface area contributed by atoms with Gasteiger partial charge < -0.3 is 10.2 Å². The first-order valence-electron chi connectivity index (χ1n) is 9.16. The molecule has 5 heteroatoms. The van der Waals surface area contributed by atoms with Crippen LogP contribution in [0.4, 0.5) is 14.5 Å². The van der Waals surface area contributed by atoms with Gasteiger partial charge in [0.25, 0.3) is 0 Å². The molecule has 0 aromatic heterocycles. The van der Waals surface area contributed by atoms with Crippen molar-refractivity contribution in [3.63, 3.8) is 0 Å². The number of nitrogens with zero attached hydrogens (tertiary/aromatic N) is 1. The van der Waals surface area contributed by atoms with E-state index in [0.717, 1.165) is 43.6 Å². The molecule has 2 unspecified atom stereocenters. The highest BCUT2D eigenvalue weighted by Gasteiger charge is 2.46. The molecule has 4 rings (SSSR count). The molecule has 2 aliphatic rings. The van der Waals surface area contributed by atoms with Crippen LogP contribution in [-0.4, -0.2) is 29.9 Å². The first kappa shape index (κ1) is 17.0. The number of benzene rings is 2. The van der Waals surface area contributed by atoms with Crippen molar-refractivity contribution in [2.45, 2.75) is 31.2 Å². The van der Waals surface area contributed by atoms with Crippen LogP contribution in [0.1, 0.15) is 30.7 Å². The number of nitrogens with one attached hydrogen (secondary N) is 1. The van der Waals surface area contributed by atoms with Crippen LogP contribution >= 0.6 is 0 Å². The van der Waals surface area contributed by atoms with Gasteiger partial charge in [-0.3, -0.25) is 4.79 Å². The van der Waals surface area contributed by atoms with Crippen LogP contribution in [0.15, 0.2) is 48.5 Å². The van der Waals surface area contributed by atoms with Crippen molar-refractivity contribution in [3.05, 3.63) is 65.7 Å². The number of carbonyl (C=O) groups excluding carboxylic acids is 1. The monoisotopic (exact) mass is 356 g/mol. The third-order valence-corrected chi connectivity index (χ3v) is 5.41. The number of anilines is 1. The molecule has 26 heavy (non-hydrogen) atoms. The van der Waals surface area contributed by atoms with Crippen LogP contribution in [-0.2, 0) is 4.79 Å². The largest absolute Gasteiger partial charge is 0.382 e. The topological polar surface area (TPSA) is 32.3 Å². The van der Waals surface area contributed by atoms with Crippen molar-refractivity contribution in [2.24, 2.45) is 5.92 Å². The minimum atomic E-state index is -0.242. The summed E-state index contributed by atoms with van der Waals surface area (Å²) in [7, 11) is 0. The lowest BCUT2D eigenvalue weighted by Gasteiger charge is -2.33. The van der Waals surface area contributed by atoms with Gasteiger partial charge in [0.05, 0.1) is 0 Å². The van der Waals surface area contributed by atoms with E-state index >= 15 is 0 Å². The molecule has 0 bridgehead atoms. The fraction of sp³-hybridized carbons (Fsp3) is 0.381. The second-order valence-electron chi connectivity index (χ2n) is 7.25. The zero-order valence-electron chi connectivity index (χ0n) is 14.5. The van der Waals surface area contributed by atoms with E-state index in [0.29, 0.717) is 6.04 Å². The molecule has 2 fully saturated rings. The lowest BCUT2D eigenvalue weighted by atomic mass is 10.0. The quantitative estimate of drug-likeness (QED) is 0.892. The SMILES string of the molecule is O=C(C1CC1c1cccc(F)c1)N1CCC(Nc2ccc(F)cc2)CC1. The van der Waals surface area contributed by atoms with E-state index < -0.39 is 0 Å². The van der Waals surface area contributed by atoms with E-state index in [1.165, 1.54) is 24.3 Å². The summed E-state index contributed by atoms with van der Waals surface area (Å²) in [6, 6.07) is 13.2. The molecule has 2 atom stereocenters. The maximum absolute atomic E-state index is 13.4. The van der Waals surface area contributed by atoms with Crippen molar-refractivity contribution in [3.8, 4) is 0 Å². The van der Waals surface area contributed by atoms with Gasteiger partial charge in [-0.1, -0.05) is 12.1 Å². The lowest BCUT2D eigenvalue weighted by Crippen LogP contribution is -2.43. The van der Waals surface area contributed by atoms with Crippen molar-refractivity contribution < 1.29 is 13.6 Å². The Labute approximate surface area is 152 Å². The van der Waals surface area contributed by atoms with Crippen LogP contribution in [0.5, 0.6) is 0 Å². The molecule has 1 saturated heterocycles. The first-order valence-corrected chi connectivity index (χ1v) is 9.16. The average Bonchev–Trinajstić information content (AvgIpc) is 3.45. The highest BCUT2D eigenvalue weighted by molar-refractivity contribution is 5.83. The fourth-order valence-electron chi connectivity index (χ4n) is 3.83. The third-order valence-electron chi connectivity index (χ3n) is 5.41. The number of rotatable bonds is 4. The van der Waals surface area contributed by atoms with Gasteiger partial charge in [0, 0.05) is 30.7 Å². The van der Waals surface area contributed by atoms with Gasteiger partial charge in [-0.25, -0.2) is 8.78 Å². The molecule has 1 aliphatic carbocycles. The van der Waals surface area contributed by atoms with Crippen molar-refractivity contribution in [1.29, 1.82) is 0 Å². The Balaban J connectivity index is 1.28. The summed E-state index contributed by atoms with van der Waals surface area (Å²) in [6.07, 6.45) is 2.57. The molecule has 0 radical (unpaired) electrons. The molecule has 1 saturated carbocycles. The summed E-state index contributed by atoms with van der Waals surface area (Å²) in [5, 5.41) is 3.41. The van der Waals surface area contributed by atoms with Crippen molar-refractivity contribution >= 4 is 11.6 Å². The summed E-state index contributed by atoms with van der Waals surface area (Å²) in [6.45, 7) is 1.45. The Morgan fingerprint density at radius 3 is 2.42 bits per heavy atom.